The van der Waals surface area contributed by atoms with Crippen LogP contribution in [-0.2, 0) is 11.8 Å². The highest BCUT2D eigenvalue weighted by Crippen LogP contribution is 2.24. The average Bonchev–Trinajstić information content (AvgIpc) is 3.36. The van der Waals surface area contributed by atoms with Crippen LogP contribution >= 0.6 is 23.4 Å². The number of carbonyl (C=O) groups excluding carboxylic acids is 1. The van der Waals surface area contributed by atoms with Gasteiger partial charge < -0.3 is 18.8 Å². The van der Waals surface area contributed by atoms with Gasteiger partial charge in [-0.2, -0.15) is 0 Å². The lowest BCUT2D eigenvalue weighted by Gasteiger charge is -2.36. The molecule has 146 valence electrons. The molecule has 1 aliphatic rings. The molecule has 1 aliphatic heterocycles. The van der Waals surface area contributed by atoms with Crippen molar-refractivity contribution in [1.29, 1.82) is 0 Å². The predicted octanol–water partition coefficient (Wildman–Crippen LogP) is 3.17. The van der Waals surface area contributed by atoms with E-state index in [1.54, 1.807) is 6.26 Å². The molecule has 3 heterocycles. The first-order valence-electron chi connectivity index (χ1n) is 8.96. The van der Waals surface area contributed by atoms with Crippen LogP contribution in [0.1, 0.15) is 0 Å². The Kier molecular flexibility index (Phi) is 5.59. The van der Waals surface area contributed by atoms with E-state index < -0.39 is 0 Å². The first-order chi connectivity index (χ1) is 13.6. The third-order valence-corrected chi connectivity index (χ3v) is 5.95. The predicted molar refractivity (Wildman–Crippen MR) is 110 cm³/mol. The number of carbonyl (C=O) groups is 1. The number of thioether (sulfide) groups is 1. The van der Waals surface area contributed by atoms with Crippen molar-refractivity contribution in [3.05, 3.63) is 47.7 Å². The van der Waals surface area contributed by atoms with Gasteiger partial charge >= 0.3 is 0 Å². The topological polar surface area (TPSA) is 67.4 Å². The van der Waals surface area contributed by atoms with Gasteiger partial charge in [-0.25, -0.2) is 0 Å². The second kappa shape index (κ2) is 8.28. The number of benzene rings is 1. The van der Waals surface area contributed by atoms with Crippen molar-refractivity contribution in [3.8, 4) is 11.6 Å². The van der Waals surface area contributed by atoms with Gasteiger partial charge in [-0.1, -0.05) is 29.4 Å². The summed E-state index contributed by atoms with van der Waals surface area (Å²) in [5, 5.41) is 9.75. The minimum atomic E-state index is 0.110. The molecule has 0 saturated carbocycles. The molecule has 0 N–H and O–H groups in total. The first-order valence-corrected chi connectivity index (χ1v) is 10.3. The molecule has 3 aromatic rings. The fourth-order valence-corrected chi connectivity index (χ4v) is 4.16. The van der Waals surface area contributed by atoms with Crippen LogP contribution in [0.3, 0.4) is 0 Å². The molecule has 7 nitrogen and oxygen atoms in total. The van der Waals surface area contributed by atoms with Gasteiger partial charge in [0.05, 0.1) is 12.0 Å². The van der Waals surface area contributed by atoms with Gasteiger partial charge in [0.2, 0.25) is 5.91 Å². The van der Waals surface area contributed by atoms with Gasteiger partial charge in [-0.05, 0) is 30.3 Å². The highest BCUT2D eigenvalue weighted by atomic mass is 35.5. The summed E-state index contributed by atoms with van der Waals surface area (Å²) in [5.74, 6) is 1.75. The van der Waals surface area contributed by atoms with Gasteiger partial charge in [0.15, 0.2) is 16.7 Å². The van der Waals surface area contributed by atoms with Crippen molar-refractivity contribution in [2.45, 2.75) is 5.16 Å². The van der Waals surface area contributed by atoms with Crippen molar-refractivity contribution in [3.63, 3.8) is 0 Å². The molecule has 0 atom stereocenters. The van der Waals surface area contributed by atoms with Crippen molar-refractivity contribution < 1.29 is 9.21 Å². The maximum absolute atomic E-state index is 12.6. The van der Waals surface area contributed by atoms with Gasteiger partial charge in [0.1, 0.15) is 0 Å². The van der Waals surface area contributed by atoms with Crippen molar-refractivity contribution in [1.82, 2.24) is 19.7 Å². The molecule has 0 bridgehead atoms. The van der Waals surface area contributed by atoms with Crippen LogP contribution < -0.4 is 4.90 Å². The number of amides is 1. The second-order valence-corrected chi connectivity index (χ2v) is 7.86. The number of nitrogens with zero attached hydrogens (tertiary/aromatic N) is 5. The molecular formula is C19H20ClN5O2S. The number of hydrogen-bond donors (Lipinski definition) is 0. The molecule has 1 aromatic carbocycles. The zero-order chi connectivity index (χ0) is 19.5. The van der Waals surface area contributed by atoms with E-state index in [9.17, 15) is 4.79 Å². The molecule has 4 rings (SSSR count). The quantitative estimate of drug-likeness (QED) is 0.594. The Bertz CT molecular complexity index is 951. The van der Waals surface area contributed by atoms with E-state index in [-0.39, 0.29) is 5.91 Å². The smallest absolute Gasteiger partial charge is 0.233 e. The summed E-state index contributed by atoms with van der Waals surface area (Å²) in [5.41, 5.74) is 1.10. The normalized spacial score (nSPS) is 14.5. The number of anilines is 1. The van der Waals surface area contributed by atoms with Crippen LogP contribution in [-0.4, -0.2) is 57.5 Å². The number of hydrogen-bond acceptors (Lipinski definition) is 6. The van der Waals surface area contributed by atoms with Crippen molar-refractivity contribution in [2.75, 3.05) is 36.8 Å². The molecule has 9 heteroatoms. The molecule has 1 fully saturated rings. The first kappa shape index (κ1) is 18.9. The Morgan fingerprint density at radius 1 is 1.18 bits per heavy atom. The summed E-state index contributed by atoms with van der Waals surface area (Å²) < 4.78 is 7.21. The lowest BCUT2D eigenvalue weighted by molar-refractivity contribution is -0.128. The SMILES string of the molecule is Cn1c(SCC(=O)N2CCN(c3cccc(Cl)c3)CC2)nnc1-c1ccco1. The Morgan fingerprint density at radius 3 is 2.71 bits per heavy atom. The fourth-order valence-electron chi connectivity index (χ4n) is 3.17. The van der Waals surface area contributed by atoms with E-state index in [1.807, 2.05) is 52.9 Å². The van der Waals surface area contributed by atoms with Crippen molar-refractivity contribution in [2.24, 2.45) is 7.05 Å². The zero-order valence-electron chi connectivity index (χ0n) is 15.4. The molecule has 28 heavy (non-hydrogen) atoms. The van der Waals surface area contributed by atoms with Gasteiger partial charge in [0, 0.05) is 43.9 Å². The lowest BCUT2D eigenvalue weighted by Crippen LogP contribution is -2.49. The standard InChI is InChI=1S/C19H20ClN5O2S/c1-23-18(16-6-3-11-27-16)21-22-19(23)28-13-17(26)25-9-7-24(8-10-25)15-5-2-4-14(20)12-15/h2-6,11-12H,7-10,13H2,1H3. The zero-order valence-corrected chi connectivity index (χ0v) is 17.0. The largest absolute Gasteiger partial charge is 0.461 e. The highest BCUT2D eigenvalue weighted by Gasteiger charge is 2.22. The molecule has 1 saturated heterocycles. The number of furan rings is 1. The minimum Gasteiger partial charge on any atom is -0.461 e. The monoisotopic (exact) mass is 417 g/mol. The van der Waals surface area contributed by atoms with Crippen LogP contribution in [0.4, 0.5) is 5.69 Å². The van der Waals surface area contributed by atoms with Gasteiger partial charge in [-0.15, -0.1) is 10.2 Å². The Balaban J connectivity index is 1.31. The Labute approximate surface area is 172 Å². The Hall–Kier alpha value is -2.45. The van der Waals surface area contributed by atoms with E-state index in [2.05, 4.69) is 15.1 Å². The van der Waals surface area contributed by atoms with E-state index >= 15 is 0 Å². The number of rotatable bonds is 5. The lowest BCUT2D eigenvalue weighted by atomic mass is 10.2. The average molecular weight is 418 g/mol. The second-order valence-electron chi connectivity index (χ2n) is 6.48. The molecule has 2 aromatic heterocycles. The molecule has 0 aliphatic carbocycles. The summed E-state index contributed by atoms with van der Waals surface area (Å²) in [6.07, 6.45) is 1.60. The minimum absolute atomic E-state index is 0.110. The number of aromatic nitrogens is 3. The third-order valence-electron chi connectivity index (χ3n) is 4.71. The van der Waals surface area contributed by atoms with Crippen LogP contribution in [0, 0.1) is 0 Å². The fraction of sp³-hybridized carbons (Fsp3) is 0.316. The summed E-state index contributed by atoms with van der Waals surface area (Å²) >= 11 is 7.47. The maximum atomic E-state index is 12.6. The molecule has 0 radical (unpaired) electrons. The summed E-state index contributed by atoms with van der Waals surface area (Å²) in [4.78, 5) is 16.8. The number of piperazine rings is 1. The van der Waals surface area contributed by atoms with E-state index in [4.69, 9.17) is 16.0 Å². The number of halogens is 1. The molecule has 0 spiro atoms. The van der Waals surface area contributed by atoms with Gasteiger partial charge in [-0.3, -0.25) is 4.79 Å². The van der Waals surface area contributed by atoms with Crippen LogP contribution in [0.5, 0.6) is 0 Å². The van der Waals surface area contributed by atoms with Crippen molar-refractivity contribution >= 4 is 35.0 Å². The summed E-state index contributed by atoms with van der Waals surface area (Å²) in [7, 11) is 1.87. The van der Waals surface area contributed by atoms with Crippen LogP contribution in [0.2, 0.25) is 5.02 Å². The molecule has 0 unspecified atom stereocenters. The molecule has 1 amide bonds. The third kappa shape index (κ3) is 4.02. The molecular weight excluding hydrogens is 398 g/mol. The van der Waals surface area contributed by atoms with E-state index in [0.29, 0.717) is 35.6 Å². The van der Waals surface area contributed by atoms with Crippen LogP contribution in [0.15, 0.2) is 52.2 Å². The summed E-state index contributed by atoms with van der Waals surface area (Å²) in [6, 6.07) is 11.5. The van der Waals surface area contributed by atoms with E-state index in [0.717, 1.165) is 23.8 Å². The highest BCUT2D eigenvalue weighted by molar-refractivity contribution is 7.99. The summed E-state index contributed by atoms with van der Waals surface area (Å²) in [6.45, 7) is 2.98. The maximum Gasteiger partial charge on any atom is 0.233 e. The van der Waals surface area contributed by atoms with E-state index in [1.165, 1.54) is 11.8 Å². The van der Waals surface area contributed by atoms with Gasteiger partial charge in [0.25, 0.3) is 0 Å². The Morgan fingerprint density at radius 2 is 2.00 bits per heavy atom. The van der Waals surface area contributed by atoms with Crippen LogP contribution in [0.25, 0.3) is 11.6 Å².